The molecule has 3 nitrogen and oxygen atoms in total. The highest BCUT2D eigenvalue weighted by atomic mass is 16.3. The highest BCUT2D eigenvalue weighted by Crippen LogP contribution is 2.34. The maximum absolute atomic E-state index is 11.3. The van der Waals surface area contributed by atoms with Gasteiger partial charge in [0.15, 0.2) is 0 Å². The van der Waals surface area contributed by atoms with Gasteiger partial charge in [0, 0.05) is 36.1 Å². The average Bonchev–Trinajstić information content (AvgIpc) is 2.87. The van der Waals surface area contributed by atoms with E-state index in [1.165, 1.54) is 33.3 Å². The van der Waals surface area contributed by atoms with Crippen molar-refractivity contribution in [1.29, 1.82) is 0 Å². The summed E-state index contributed by atoms with van der Waals surface area (Å²) in [5.41, 5.74) is 6.62. The molecular formula is C23H28N2O. The van der Waals surface area contributed by atoms with Crippen molar-refractivity contribution in [3.8, 4) is 0 Å². The minimum Gasteiger partial charge on any atom is -0.384 e. The van der Waals surface area contributed by atoms with E-state index in [4.69, 9.17) is 0 Å². The van der Waals surface area contributed by atoms with Gasteiger partial charge in [-0.1, -0.05) is 41.5 Å². The number of rotatable bonds is 3. The molecule has 0 radical (unpaired) electrons. The van der Waals surface area contributed by atoms with Crippen LogP contribution in [0.1, 0.15) is 34.9 Å². The molecule has 0 bridgehead atoms. The minimum absolute atomic E-state index is 0.578. The van der Waals surface area contributed by atoms with E-state index in [2.05, 4.69) is 60.7 Å². The SMILES string of the molecule is Cc1ccc(C(C)(O)Cn2c3c(c4cc(C)ccc42)CN(C)CC3)cc1. The summed E-state index contributed by atoms with van der Waals surface area (Å²) in [5, 5.41) is 12.6. The molecule has 26 heavy (non-hydrogen) atoms. The van der Waals surface area contributed by atoms with Crippen LogP contribution in [0, 0.1) is 13.8 Å². The number of hydrogen-bond donors (Lipinski definition) is 1. The van der Waals surface area contributed by atoms with Crippen LogP contribution in [-0.2, 0) is 25.1 Å². The topological polar surface area (TPSA) is 28.4 Å². The zero-order chi connectivity index (χ0) is 18.5. The summed E-state index contributed by atoms with van der Waals surface area (Å²) in [5.74, 6) is 0. The number of aromatic nitrogens is 1. The van der Waals surface area contributed by atoms with E-state index in [1.807, 2.05) is 19.1 Å². The standard InChI is InChI=1S/C23H28N2O/c1-16-5-8-18(9-6-16)23(3,26)15-25-21-10-7-17(2)13-19(21)20-14-24(4)12-11-22(20)25/h5-10,13,26H,11-12,14-15H2,1-4H3. The van der Waals surface area contributed by atoms with Crippen LogP contribution < -0.4 is 0 Å². The molecule has 0 fully saturated rings. The number of nitrogens with zero attached hydrogens (tertiary/aromatic N) is 2. The Balaban J connectivity index is 1.82. The second-order valence-corrected chi connectivity index (χ2v) is 8.16. The predicted molar refractivity (Wildman–Crippen MR) is 107 cm³/mol. The van der Waals surface area contributed by atoms with Crippen LogP contribution in [0.5, 0.6) is 0 Å². The summed E-state index contributed by atoms with van der Waals surface area (Å²) in [6, 6.07) is 14.9. The normalized spacial score (nSPS) is 17.3. The second kappa shape index (κ2) is 6.26. The Morgan fingerprint density at radius 2 is 1.73 bits per heavy atom. The third-order valence-corrected chi connectivity index (χ3v) is 5.74. The first-order valence-electron chi connectivity index (χ1n) is 9.44. The van der Waals surface area contributed by atoms with Crippen LogP contribution in [0.25, 0.3) is 10.9 Å². The number of aryl methyl sites for hydroxylation is 2. The lowest BCUT2D eigenvalue weighted by Gasteiger charge is -2.29. The molecule has 0 saturated carbocycles. The van der Waals surface area contributed by atoms with Crippen LogP contribution >= 0.6 is 0 Å². The summed E-state index contributed by atoms with van der Waals surface area (Å²) < 4.78 is 2.36. The Labute approximate surface area is 155 Å². The van der Waals surface area contributed by atoms with Crippen molar-refractivity contribution in [3.05, 3.63) is 70.4 Å². The average molecular weight is 348 g/mol. The van der Waals surface area contributed by atoms with E-state index < -0.39 is 5.60 Å². The van der Waals surface area contributed by atoms with Gasteiger partial charge in [-0.15, -0.1) is 0 Å². The van der Waals surface area contributed by atoms with Crippen LogP contribution in [0.4, 0.5) is 0 Å². The first-order chi connectivity index (χ1) is 12.3. The predicted octanol–water partition coefficient (Wildman–Crippen LogP) is 4.15. The Hall–Kier alpha value is -2.10. The smallest absolute Gasteiger partial charge is 0.105 e. The lowest BCUT2D eigenvalue weighted by Crippen LogP contribution is -2.31. The molecule has 1 aromatic heterocycles. The molecule has 1 N–H and O–H groups in total. The van der Waals surface area contributed by atoms with Gasteiger partial charge in [-0.3, -0.25) is 0 Å². The zero-order valence-electron chi connectivity index (χ0n) is 16.2. The Bertz CT molecular complexity index is 950. The summed E-state index contributed by atoms with van der Waals surface area (Å²) in [6.07, 6.45) is 1.03. The Morgan fingerprint density at radius 1 is 1.04 bits per heavy atom. The lowest BCUT2D eigenvalue weighted by molar-refractivity contribution is 0.0385. The molecule has 3 heteroatoms. The minimum atomic E-state index is -0.901. The summed E-state index contributed by atoms with van der Waals surface area (Å²) in [7, 11) is 2.18. The number of fused-ring (bicyclic) bond motifs is 3. The van der Waals surface area contributed by atoms with Gasteiger partial charge in [-0.2, -0.15) is 0 Å². The van der Waals surface area contributed by atoms with Gasteiger partial charge in [0.05, 0.1) is 6.54 Å². The van der Waals surface area contributed by atoms with E-state index in [0.717, 1.165) is 25.1 Å². The van der Waals surface area contributed by atoms with Gasteiger partial charge in [0.1, 0.15) is 5.60 Å². The number of benzene rings is 2. The van der Waals surface area contributed by atoms with E-state index >= 15 is 0 Å². The molecule has 4 rings (SSSR count). The van der Waals surface area contributed by atoms with Crippen molar-refractivity contribution in [1.82, 2.24) is 9.47 Å². The van der Waals surface area contributed by atoms with Crippen molar-refractivity contribution in [3.63, 3.8) is 0 Å². The molecule has 3 aromatic rings. The molecule has 1 unspecified atom stereocenters. The molecule has 0 spiro atoms. The second-order valence-electron chi connectivity index (χ2n) is 8.16. The fraction of sp³-hybridized carbons (Fsp3) is 0.391. The van der Waals surface area contributed by atoms with Crippen molar-refractivity contribution < 1.29 is 5.11 Å². The molecule has 2 heterocycles. The van der Waals surface area contributed by atoms with E-state index in [9.17, 15) is 5.11 Å². The van der Waals surface area contributed by atoms with Gasteiger partial charge >= 0.3 is 0 Å². The van der Waals surface area contributed by atoms with Gasteiger partial charge in [-0.25, -0.2) is 0 Å². The summed E-state index contributed by atoms with van der Waals surface area (Å²) >= 11 is 0. The largest absolute Gasteiger partial charge is 0.384 e. The zero-order valence-corrected chi connectivity index (χ0v) is 16.2. The van der Waals surface area contributed by atoms with Crippen LogP contribution in [0.15, 0.2) is 42.5 Å². The first-order valence-corrected chi connectivity index (χ1v) is 9.44. The van der Waals surface area contributed by atoms with Crippen molar-refractivity contribution in [2.45, 2.75) is 45.9 Å². The van der Waals surface area contributed by atoms with Gasteiger partial charge < -0.3 is 14.6 Å². The monoisotopic (exact) mass is 348 g/mol. The Morgan fingerprint density at radius 3 is 2.46 bits per heavy atom. The van der Waals surface area contributed by atoms with Crippen LogP contribution in [0.3, 0.4) is 0 Å². The van der Waals surface area contributed by atoms with Crippen molar-refractivity contribution in [2.75, 3.05) is 13.6 Å². The third kappa shape index (κ3) is 2.95. The van der Waals surface area contributed by atoms with Gasteiger partial charge in [0.25, 0.3) is 0 Å². The fourth-order valence-electron chi connectivity index (χ4n) is 4.19. The first kappa shape index (κ1) is 17.3. The van der Waals surface area contributed by atoms with E-state index in [-0.39, 0.29) is 0 Å². The summed E-state index contributed by atoms with van der Waals surface area (Å²) in [6.45, 7) is 8.78. The van der Waals surface area contributed by atoms with E-state index in [0.29, 0.717) is 6.54 Å². The summed E-state index contributed by atoms with van der Waals surface area (Å²) in [4.78, 5) is 2.38. The van der Waals surface area contributed by atoms with Gasteiger partial charge in [0.2, 0.25) is 0 Å². The fourth-order valence-corrected chi connectivity index (χ4v) is 4.19. The number of likely N-dealkylation sites (N-methyl/N-ethyl adjacent to an activating group) is 1. The molecule has 0 amide bonds. The van der Waals surface area contributed by atoms with Crippen LogP contribution in [0.2, 0.25) is 0 Å². The van der Waals surface area contributed by atoms with E-state index in [1.54, 1.807) is 0 Å². The van der Waals surface area contributed by atoms with Gasteiger partial charge in [-0.05, 0) is 51.1 Å². The number of hydrogen-bond acceptors (Lipinski definition) is 2. The quantitative estimate of drug-likeness (QED) is 0.770. The number of aliphatic hydroxyl groups is 1. The van der Waals surface area contributed by atoms with Crippen molar-refractivity contribution >= 4 is 10.9 Å². The molecular weight excluding hydrogens is 320 g/mol. The lowest BCUT2D eigenvalue weighted by atomic mass is 9.94. The molecule has 0 saturated heterocycles. The molecule has 2 aromatic carbocycles. The molecule has 136 valence electrons. The molecule has 0 aliphatic carbocycles. The Kier molecular flexibility index (Phi) is 4.17. The molecule has 1 atom stereocenters. The highest BCUT2D eigenvalue weighted by Gasteiger charge is 2.29. The van der Waals surface area contributed by atoms with Crippen molar-refractivity contribution in [2.24, 2.45) is 0 Å². The molecule has 1 aliphatic heterocycles. The maximum atomic E-state index is 11.3. The highest BCUT2D eigenvalue weighted by molar-refractivity contribution is 5.86. The maximum Gasteiger partial charge on any atom is 0.105 e. The van der Waals surface area contributed by atoms with Crippen LogP contribution in [-0.4, -0.2) is 28.2 Å². The third-order valence-electron chi connectivity index (χ3n) is 5.74. The molecule has 1 aliphatic rings.